The summed E-state index contributed by atoms with van der Waals surface area (Å²) in [7, 11) is 4.03. The number of nitrogens with zero attached hydrogens (tertiary/aromatic N) is 1. The third-order valence-electron chi connectivity index (χ3n) is 5.18. The van der Waals surface area contributed by atoms with Crippen molar-refractivity contribution in [2.75, 3.05) is 27.2 Å². The van der Waals surface area contributed by atoms with Crippen LogP contribution in [0.1, 0.15) is 110 Å². The van der Waals surface area contributed by atoms with E-state index in [1.807, 2.05) is 14.1 Å². The Hall–Kier alpha value is 0.430. The molecule has 0 aromatic heterocycles. The molecule has 3 nitrogen and oxygen atoms in total. The van der Waals surface area contributed by atoms with Crippen LogP contribution in [0.2, 0.25) is 0 Å². The van der Waals surface area contributed by atoms with Crippen LogP contribution >= 0.6 is 0 Å². The predicted octanol–water partition coefficient (Wildman–Crippen LogP) is 3.41. The Morgan fingerprint density at radius 2 is 0.962 bits per heavy atom. The van der Waals surface area contributed by atoms with Crippen molar-refractivity contribution in [1.82, 2.24) is 0 Å². The van der Waals surface area contributed by atoms with E-state index < -0.39 is 5.97 Å². The molecule has 1 N–H and O–H groups in total. The Balaban J connectivity index is 0. The van der Waals surface area contributed by atoms with Gasteiger partial charge in [0, 0.05) is 0 Å². The van der Waals surface area contributed by atoms with E-state index in [1.165, 1.54) is 96.3 Å². The minimum absolute atomic E-state index is 0. The Morgan fingerprint density at radius 1 is 0.654 bits per heavy atom. The standard InChI is InChI=1S/C22H45NO2.Na/c1-4-5-6-7-8-9-10-11-12-13-14-15-16-17-18-19-20-23(2,3)21-22(24)25;/h4-21H2,1-3H3;/q;+1/p+1. The third kappa shape index (κ3) is 22.5. The first-order valence-electron chi connectivity index (χ1n) is 11.0. The van der Waals surface area contributed by atoms with Gasteiger partial charge in [0.2, 0.25) is 0 Å². The molecule has 0 saturated carbocycles. The number of carboxylic acids is 1. The maximum atomic E-state index is 10.8. The van der Waals surface area contributed by atoms with Crippen molar-refractivity contribution < 1.29 is 43.9 Å². The van der Waals surface area contributed by atoms with Crippen LogP contribution in [0.4, 0.5) is 0 Å². The second-order valence-electron chi connectivity index (χ2n) is 8.51. The minimum Gasteiger partial charge on any atom is -0.477 e. The first-order valence-corrected chi connectivity index (χ1v) is 11.0. The van der Waals surface area contributed by atoms with Gasteiger partial charge in [-0.3, -0.25) is 0 Å². The first kappa shape index (κ1) is 28.6. The van der Waals surface area contributed by atoms with Crippen molar-refractivity contribution in [2.24, 2.45) is 0 Å². The normalized spacial score (nSPS) is 11.3. The van der Waals surface area contributed by atoms with E-state index in [0.717, 1.165) is 13.0 Å². The molecule has 0 rings (SSSR count). The summed E-state index contributed by atoms with van der Waals surface area (Å²) in [5.74, 6) is -0.693. The Labute approximate surface area is 186 Å². The molecule has 0 bridgehead atoms. The summed E-state index contributed by atoms with van der Waals surface area (Å²) in [6, 6.07) is 0. The Morgan fingerprint density at radius 3 is 1.27 bits per heavy atom. The summed E-state index contributed by atoms with van der Waals surface area (Å²) in [4.78, 5) is 10.8. The van der Waals surface area contributed by atoms with Crippen molar-refractivity contribution in [3.05, 3.63) is 0 Å². The van der Waals surface area contributed by atoms with Crippen LogP contribution in [-0.4, -0.2) is 42.7 Å². The third-order valence-corrected chi connectivity index (χ3v) is 5.18. The number of carboxylic acid groups (broad SMARTS) is 1. The van der Waals surface area contributed by atoms with Crippen molar-refractivity contribution in [2.45, 2.75) is 110 Å². The molecule has 0 atom stereocenters. The average molecular weight is 380 g/mol. The number of likely N-dealkylation sites (N-methyl/N-ethyl adjacent to an activating group) is 1. The van der Waals surface area contributed by atoms with E-state index in [4.69, 9.17) is 5.11 Å². The van der Waals surface area contributed by atoms with E-state index in [2.05, 4.69) is 6.92 Å². The summed E-state index contributed by atoms with van der Waals surface area (Å²) in [5.41, 5.74) is 0. The molecule has 0 saturated heterocycles. The van der Waals surface area contributed by atoms with Gasteiger partial charge >= 0.3 is 35.5 Å². The minimum atomic E-state index is -0.693. The second-order valence-corrected chi connectivity index (χ2v) is 8.51. The number of rotatable bonds is 19. The predicted molar refractivity (Wildman–Crippen MR) is 109 cm³/mol. The molecule has 26 heavy (non-hydrogen) atoms. The monoisotopic (exact) mass is 379 g/mol. The van der Waals surface area contributed by atoms with Crippen molar-refractivity contribution in [1.29, 1.82) is 0 Å². The maximum absolute atomic E-state index is 10.8. The molecule has 0 unspecified atom stereocenters. The fourth-order valence-electron chi connectivity index (χ4n) is 3.53. The second kappa shape index (κ2) is 20.2. The van der Waals surface area contributed by atoms with Crippen molar-refractivity contribution >= 4 is 5.97 Å². The van der Waals surface area contributed by atoms with E-state index in [9.17, 15) is 4.79 Å². The fraction of sp³-hybridized carbons (Fsp3) is 0.955. The molecule has 0 aliphatic rings. The van der Waals surface area contributed by atoms with Crippen LogP contribution < -0.4 is 29.6 Å². The molecular weight excluding hydrogens is 333 g/mol. The maximum Gasteiger partial charge on any atom is 1.00 e. The van der Waals surface area contributed by atoms with Gasteiger partial charge in [0.1, 0.15) is 0 Å². The first-order chi connectivity index (χ1) is 12.0. The van der Waals surface area contributed by atoms with E-state index in [0.29, 0.717) is 4.48 Å². The summed E-state index contributed by atoms with van der Waals surface area (Å²) in [5, 5.41) is 8.87. The zero-order chi connectivity index (χ0) is 18.8. The van der Waals surface area contributed by atoms with Gasteiger partial charge in [0.25, 0.3) is 0 Å². The molecule has 0 fully saturated rings. The zero-order valence-electron chi connectivity index (χ0n) is 18.5. The van der Waals surface area contributed by atoms with Gasteiger partial charge in [0.15, 0.2) is 6.54 Å². The van der Waals surface area contributed by atoms with Crippen LogP contribution in [-0.2, 0) is 4.79 Å². The largest absolute Gasteiger partial charge is 1.00 e. The summed E-state index contributed by atoms with van der Waals surface area (Å²) >= 11 is 0. The fourth-order valence-corrected chi connectivity index (χ4v) is 3.53. The molecule has 0 aliphatic heterocycles. The van der Waals surface area contributed by atoms with Crippen molar-refractivity contribution in [3.63, 3.8) is 0 Å². The van der Waals surface area contributed by atoms with E-state index in [1.54, 1.807) is 0 Å². The Bertz CT molecular complexity index is 309. The van der Waals surface area contributed by atoms with Gasteiger partial charge in [-0.2, -0.15) is 0 Å². The average Bonchev–Trinajstić information content (AvgIpc) is 2.53. The van der Waals surface area contributed by atoms with Crippen LogP contribution in [0.15, 0.2) is 0 Å². The molecule has 150 valence electrons. The topological polar surface area (TPSA) is 37.3 Å². The number of quaternary nitrogens is 1. The van der Waals surface area contributed by atoms with E-state index in [-0.39, 0.29) is 36.1 Å². The Kier molecular flexibility index (Phi) is 22.2. The van der Waals surface area contributed by atoms with Gasteiger partial charge in [-0.15, -0.1) is 0 Å². The van der Waals surface area contributed by atoms with Crippen LogP contribution in [0.3, 0.4) is 0 Å². The summed E-state index contributed by atoms with van der Waals surface area (Å²) < 4.78 is 0.605. The molecular formula is C22H46NNaO2+2. The molecule has 0 amide bonds. The summed E-state index contributed by atoms with van der Waals surface area (Å²) in [6.45, 7) is 3.49. The number of aliphatic carboxylic acids is 1. The van der Waals surface area contributed by atoms with Gasteiger partial charge in [-0.1, -0.05) is 96.8 Å². The zero-order valence-corrected chi connectivity index (χ0v) is 20.5. The SMILES string of the molecule is CCCCCCCCCCCCCCCCCC[N+](C)(C)CC(=O)O.[Na+]. The van der Waals surface area contributed by atoms with Gasteiger partial charge < -0.3 is 9.59 Å². The van der Waals surface area contributed by atoms with Gasteiger partial charge in [-0.05, 0) is 12.8 Å². The van der Waals surface area contributed by atoms with Crippen LogP contribution in [0.25, 0.3) is 0 Å². The molecule has 0 aromatic rings. The number of unbranched alkanes of at least 4 members (excludes halogenated alkanes) is 15. The molecule has 0 aliphatic carbocycles. The smallest absolute Gasteiger partial charge is 0.477 e. The quantitative estimate of drug-likeness (QED) is 0.212. The van der Waals surface area contributed by atoms with Crippen molar-refractivity contribution in [3.8, 4) is 0 Å². The molecule has 0 radical (unpaired) electrons. The van der Waals surface area contributed by atoms with Crippen LogP contribution in [0.5, 0.6) is 0 Å². The molecule has 0 spiro atoms. The molecule has 4 heteroatoms. The van der Waals surface area contributed by atoms with Gasteiger partial charge in [0.05, 0.1) is 20.6 Å². The molecule has 0 aromatic carbocycles. The number of hydrogen-bond donors (Lipinski definition) is 1. The molecule has 0 heterocycles. The van der Waals surface area contributed by atoms with Gasteiger partial charge in [-0.25, -0.2) is 4.79 Å². The summed E-state index contributed by atoms with van der Waals surface area (Å²) in [6.07, 6.45) is 22.1. The van der Waals surface area contributed by atoms with E-state index >= 15 is 0 Å². The van der Waals surface area contributed by atoms with Crippen LogP contribution in [0, 0.1) is 0 Å². The number of hydrogen-bond acceptors (Lipinski definition) is 1. The number of carbonyl (C=O) groups is 1.